The highest BCUT2D eigenvalue weighted by Crippen LogP contribution is 2.28. The number of hydrogen-bond acceptors (Lipinski definition) is 5. The van der Waals surface area contributed by atoms with Crippen molar-refractivity contribution in [1.29, 1.82) is 0 Å². The molecule has 0 unspecified atom stereocenters. The van der Waals surface area contributed by atoms with Crippen LogP contribution in [0.5, 0.6) is 11.5 Å². The van der Waals surface area contributed by atoms with Gasteiger partial charge in [0.15, 0.2) is 5.65 Å². The first-order valence-corrected chi connectivity index (χ1v) is 7.54. The zero-order valence-corrected chi connectivity index (χ0v) is 14.1. The Balaban J connectivity index is 2.45. The van der Waals surface area contributed by atoms with Gasteiger partial charge in [-0.1, -0.05) is 6.07 Å². The van der Waals surface area contributed by atoms with Crippen LogP contribution >= 0.6 is 0 Å². The molecule has 3 aromatic rings. The number of pyridine rings is 2. The van der Waals surface area contributed by atoms with Crippen LogP contribution in [0.4, 0.5) is 0 Å². The lowest BCUT2D eigenvalue weighted by Gasteiger charge is -2.16. The van der Waals surface area contributed by atoms with E-state index in [1.165, 1.54) is 36.9 Å². The van der Waals surface area contributed by atoms with E-state index in [9.17, 15) is 14.7 Å². The quantitative estimate of drug-likeness (QED) is 0.786. The van der Waals surface area contributed by atoms with Crippen LogP contribution in [0.2, 0.25) is 0 Å². The number of carbonyl (C=O) groups excluding carboxylic acids is 1. The smallest absolute Gasteiger partial charge is 0.273 e. The van der Waals surface area contributed by atoms with Gasteiger partial charge < -0.3 is 14.7 Å². The zero-order valence-electron chi connectivity index (χ0n) is 14.1. The number of hydrogen-bond donors (Lipinski definition) is 1. The number of rotatable bonds is 3. The second kappa shape index (κ2) is 6.27. The van der Waals surface area contributed by atoms with Crippen molar-refractivity contribution >= 4 is 16.9 Å². The van der Waals surface area contributed by atoms with E-state index in [1.54, 1.807) is 36.4 Å². The summed E-state index contributed by atoms with van der Waals surface area (Å²) < 4.78 is 6.51. The van der Waals surface area contributed by atoms with Crippen LogP contribution < -0.4 is 10.3 Å². The molecule has 2 aromatic heterocycles. The van der Waals surface area contributed by atoms with Gasteiger partial charge in [0.25, 0.3) is 11.5 Å². The molecule has 0 bridgehead atoms. The Morgan fingerprint density at radius 3 is 2.68 bits per heavy atom. The van der Waals surface area contributed by atoms with Crippen molar-refractivity contribution in [3.8, 4) is 17.2 Å². The summed E-state index contributed by atoms with van der Waals surface area (Å²) in [6.07, 6.45) is 1.52. The average Bonchev–Trinajstić information content (AvgIpc) is 2.62. The molecule has 0 fully saturated rings. The first kappa shape index (κ1) is 16.5. The summed E-state index contributed by atoms with van der Waals surface area (Å²) in [7, 11) is 4.56. The molecule has 2 heterocycles. The van der Waals surface area contributed by atoms with Gasteiger partial charge in [-0.15, -0.1) is 0 Å². The topological polar surface area (TPSA) is 84.7 Å². The van der Waals surface area contributed by atoms with Gasteiger partial charge in [0.2, 0.25) is 0 Å². The van der Waals surface area contributed by atoms with Crippen LogP contribution in [0.1, 0.15) is 10.4 Å². The summed E-state index contributed by atoms with van der Waals surface area (Å²) in [4.78, 5) is 30.9. The lowest BCUT2D eigenvalue weighted by atomic mass is 10.1. The van der Waals surface area contributed by atoms with Gasteiger partial charge in [-0.05, 0) is 24.3 Å². The molecule has 0 saturated heterocycles. The molecule has 3 rings (SSSR count). The van der Waals surface area contributed by atoms with Crippen molar-refractivity contribution in [1.82, 2.24) is 14.5 Å². The fourth-order valence-corrected chi connectivity index (χ4v) is 2.61. The van der Waals surface area contributed by atoms with E-state index in [0.717, 1.165) is 0 Å². The maximum Gasteiger partial charge on any atom is 0.273 e. The van der Waals surface area contributed by atoms with E-state index >= 15 is 0 Å². The molecule has 0 aliphatic heterocycles. The van der Waals surface area contributed by atoms with Crippen molar-refractivity contribution in [3.63, 3.8) is 0 Å². The molecule has 0 atom stereocenters. The van der Waals surface area contributed by atoms with Crippen molar-refractivity contribution in [2.24, 2.45) is 0 Å². The summed E-state index contributed by atoms with van der Waals surface area (Å²) in [5.74, 6) is -0.391. The molecule has 0 spiro atoms. The number of aromatic nitrogens is 2. The fraction of sp³-hybridized carbons (Fsp3) is 0.167. The molecule has 7 nitrogen and oxygen atoms in total. The molecular formula is C18H17N3O4. The zero-order chi connectivity index (χ0) is 18.1. The van der Waals surface area contributed by atoms with Crippen molar-refractivity contribution in [2.75, 3.05) is 21.2 Å². The Morgan fingerprint density at radius 1 is 1.24 bits per heavy atom. The minimum absolute atomic E-state index is 0.258. The number of amides is 1. The van der Waals surface area contributed by atoms with Crippen LogP contribution in [-0.2, 0) is 0 Å². The third kappa shape index (κ3) is 2.69. The van der Waals surface area contributed by atoms with Crippen LogP contribution in [0.15, 0.2) is 47.4 Å². The van der Waals surface area contributed by atoms with Gasteiger partial charge in [0.1, 0.15) is 17.1 Å². The molecule has 7 heteroatoms. The standard InChI is InChI=1S/C18H17N3O4/c1-20(2)17(23)14-15(22)13-8-5-9-19-16(13)21(18(14)24)11-6-4-7-12(10-11)25-3/h4-10,22H,1-3H3. The molecule has 1 amide bonds. The highest BCUT2D eigenvalue weighted by atomic mass is 16.5. The third-order valence-electron chi connectivity index (χ3n) is 3.84. The molecule has 0 saturated carbocycles. The second-order valence-corrected chi connectivity index (χ2v) is 5.64. The SMILES string of the molecule is COc1cccc(-n2c(=O)c(C(=O)N(C)C)c(O)c3cccnc32)c1. The Kier molecular flexibility index (Phi) is 4.14. The molecule has 128 valence electrons. The number of fused-ring (bicyclic) bond motifs is 1. The van der Waals surface area contributed by atoms with Gasteiger partial charge in [0.05, 0.1) is 18.2 Å². The maximum absolute atomic E-state index is 13.0. The van der Waals surface area contributed by atoms with E-state index in [2.05, 4.69) is 4.98 Å². The van der Waals surface area contributed by atoms with Gasteiger partial charge in [0, 0.05) is 26.4 Å². The monoisotopic (exact) mass is 339 g/mol. The van der Waals surface area contributed by atoms with Gasteiger partial charge >= 0.3 is 0 Å². The van der Waals surface area contributed by atoms with E-state index in [-0.39, 0.29) is 17.0 Å². The highest BCUT2D eigenvalue weighted by Gasteiger charge is 2.24. The minimum Gasteiger partial charge on any atom is -0.506 e. The Hall–Kier alpha value is -3.35. The summed E-state index contributed by atoms with van der Waals surface area (Å²) in [6, 6.07) is 10.1. The molecule has 1 aromatic carbocycles. The third-order valence-corrected chi connectivity index (χ3v) is 3.84. The number of carbonyl (C=O) groups is 1. The summed E-state index contributed by atoms with van der Waals surface area (Å²) in [5, 5.41) is 10.8. The van der Waals surface area contributed by atoms with Crippen molar-refractivity contribution in [2.45, 2.75) is 0 Å². The number of aromatic hydroxyl groups is 1. The average molecular weight is 339 g/mol. The van der Waals surface area contributed by atoms with Crippen LogP contribution in [0.3, 0.4) is 0 Å². The Bertz CT molecular complexity index is 1020. The fourth-order valence-electron chi connectivity index (χ4n) is 2.61. The van der Waals surface area contributed by atoms with Crippen molar-refractivity contribution in [3.05, 3.63) is 58.5 Å². The van der Waals surface area contributed by atoms with Crippen LogP contribution in [-0.4, -0.2) is 46.7 Å². The highest BCUT2D eigenvalue weighted by molar-refractivity contribution is 6.01. The number of methoxy groups -OCH3 is 1. The Morgan fingerprint density at radius 2 is 2.00 bits per heavy atom. The molecule has 0 aliphatic carbocycles. The molecule has 1 N–H and O–H groups in total. The molecule has 0 aliphatic rings. The maximum atomic E-state index is 13.0. The summed E-state index contributed by atoms with van der Waals surface area (Å²) >= 11 is 0. The lowest BCUT2D eigenvalue weighted by molar-refractivity contribution is 0.0823. The predicted molar refractivity (Wildman–Crippen MR) is 93.6 cm³/mol. The second-order valence-electron chi connectivity index (χ2n) is 5.64. The first-order valence-electron chi connectivity index (χ1n) is 7.54. The summed E-state index contributed by atoms with van der Waals surface area (Å²) in [6.45, 7) is 0. The van der Waals surface area contributed by atoms with Crippen LogP contribution in [0.25, 0.3) is 16.7 Å². The first-order chi connectivity index (χ1) is 12.0. The molecule has 25 heavy (non-hydrogen) atoms. The summed E-state index contributed by atoms with van der Waals surface area (Å²) in [5.41, 5.74) is -0.196. The lowest BCUT2D eigenvalue weighted by Crippen LogP contribution is -2.32. The predicted octanol–water partition coefficient (Wildman–Crippen LogP) is 1.80. The Labute approximate surface area is 143 Å². The van der Waals surface area contributed by atoms with Crippen molar-refractivity contribution < 1.29 is 14.6 Å². The van der Waals surface area contributed by atoms with E-state index in [0.29, 0.717) is 16.8 Å². The van der Waals surface area contributed by atoms with Gasteiger partial charge in [-0.3, -0.25) is 14.2 Å². The van der Waals surface area contributed by atoms with Gasteiger partial charge in [-0.2, -0.15) is 0 Å². The van der Waals surface area contributed by atoms with E-state index < -0.39 is 11.5 Å². The molecule has 0 radical (unpaired) electrons. The van der Waals surface area contributed by atoms with E-state index in [1.807, 2.05) is 0 Å². The normalized spacial score (nSPS) is 10.7. The van der Waals surface area contributed by atoms with Crippen LogP contribution in [0, 0.1) is 0 Å². The van der Waals surface area contributed by atoms with Gasteiger partial charge in [-0.25, -0.2) is 4.98 Å². The largest absolute Gasteiger partial charge is 0.506 e. The number of benzene rings is 1. The number of nitrogens with zero attached hydrogens (tertiary/aromatic N) is 3. The minimum atomic E-state index is -0.643. The molecular weight excluding hydrogens is 322 g/mol. The van der Waals surface area contributed by atoms with E-state index in [4.69, 9.17) is 4.74 Å². The number of ether oxygens (including phenoxy) is 1.